The van der Waals surface area contributed by atoms with Gasteiger partial charge < -0.3 is 10.1 Å². The minimum absolute atomic E-state index is 0.0657. The minimum atomic E-state index is -0.156. The van der Waals surface area contributed by atoms with Crippen molar-refractivity contribution in [3.8, 4) is 5.75 Å². The fourth-order valence-electron chi connectivity index (χ4n) is 2.02. The van der Waals surface area contributed by atoms with Crippen LogP contribution in [-0.4, -0.2) is 12.5 Å². The number of halogens is 1. The molecule has 2 rings (SSSR count). The predicted molar refractivity (Wildman–Crippen MR) is 84.9 cm³/mol. The van der Waals surface area contributed by atoms with Gasteiger partial charge in [-0.1, -0.05) is 41.9 Å². The number of carbonyl (C=O) groups excluding carboxylic acids is 1. The van der Waals surface area contributed by atoms with Crippen molar-refractivity contribution in [3.63, 3.8) is 0 Å². The van der Waals surface area contributed by atoms with Crippen LogP contribution in [0.3, 0.4) is 0 Å². The molecule has 2 aromatic carbocycles. The Morgan fingerprint density at radius 3 is 2.57 bits per heavy atom. The molecule has 0 fully saturated rings. The summed E-state index contributed by atoms with van der Waals surface area (Å²) in [4.78, 5) is 12.2. The smallest absolute Gasteiger partial charge is 0.251 e. The first-order chi connectivity index (χ1) is 10.1. The van der Waals surface area contributed by atoms with E-state index in [2.05, 4.69) is 5.32 Å². The Labute approximate surface area is 129 Å². The highest BCUT2D eigenvalue weighted by Gasteiger charge is 2.13. The number of hydrogen-bond acceptors (Lipinski definition) is 2. The van der Waals surface area contributed by atoms with Crippen LogP contribution in [0.1, 0.15) is 35.8 Å². The second-order valence-corrected chi connectivity index (χ2v) is 5.09. The van der Waals surface area contributed by atoms with Crippen LogP contribution in [0.4, 0.5) is 0 Å². The summed E-state index contributed by atoms with van der Waals surface area (Å²) < 4.78 is 5.36. The molecule has 4 heteroatoms. The Morgan fingerprint density at radius 1 is 1.24 bits per heavy atom. The van der Waals surface area contributed by atoms with E-state index in [4.69, 9.17) is 16.3 Å². The van der Waals surface area contributed by atoms with Crippen LogP contribution in [0.2, 0.25) is 5.02 Å². The number of ether oxygens (including phenoxy) is 1. The number of hydrogen-bond donors (Lipinski definition) is 1. The third-order valence-electron chi connectivity index (χ3n) is 3.14. The van der Waals surface area contributed by atoms with E-state index in [1.54, 1.807) is 18.2 Å². The van der Waals surface area contributed by atoms with Crippen molar-refractivity contribution in [2.24, 2.45) is 0 Å². The molecule has 0 unspecified atom stereocenters. The molecule has 1 N–H and O–H groups in total. The summed E-state index contributed by atoms with van der Waals surface area (Å²) in [6.45, 7) is 4.37. The fourth-order valence-corrected chi connectivity index (χ4v) is 2.25. The summed E-state index contributed by atoms with van der Waals surface area (Å²) in [7, 11) is 0. The molecule has 110 valence electrons. The van der Waals surface area contributed by atoms with E-state index < -0.39 is 0 Å². The molecular formula is C17H18ClNO2. The first kappa shape index (κ1) is 15.4. The van der Waals surface area contributed by atoms with E-state index in [-0.39, 0.29) is 11.9 Å². The molecule has 21 heavy (non-hydrogen) atoms. The van der Waals surface area contributed by atoms with Gasteiger partial charge in [-0.2, -0.15) is 0 Å². The van der Waals surface area contributed by atoms with Gasteiger partial charge in [-0.25, -0.2) is 0 Å². The van der Waals surface area contributed by atoms with Crippen molar-refractivity contribution in [1.82, 2.24) is 5.32 Å². The minimum Gasteiger partial charge on any atom is -0.492 e. The number of rotatable bonds is 5. The summed E-state index contributed by atoms with van der Waals surface area (Å²) in [6.07, 6.45) is 0. The molecule has 0 saturated carbocycles. The van der Waals surface area contributed by atoms with Gasteiger partial charge in [-0.15, -0.1) is 0 Å². The molecule has 0 spiro atoms. The lowest BCUT2D eigenvalue weighted by atomic mass is 10.1. The lowest BCUT2D eigenvalue weighted by Gasteiger charge is -2.15. The average molecular weight is 304 g/mol. The van der Waals surface area contributed by atoms with Crippen molar-refractivity contribution >= 4 is 17.5 Å². The van der Waals surface area contributed by atoms with Crippen LogP contribution in [-0.2, 0) is 0 Å². The Balaban J connectivity index is 2.08. The molecule has 1 amide bonds. The molecule has 0 aliphatic rings. The van der Waals surface area contributed by atoms with Gasteiger partial charge in [-0.3, -0.25) is 4.79 Å². The molecule has 0 radical (unpaired) electrons. The number of nitrogens with one attached hydrogen (secondary N) is 1. The second-order valence-electron chi connectivity index (χ2n) is 4.68. The van der Waals surface area contributed by atoms with Crippen LogP contribution >= 0.6 is 11.6 Å². The Kier molecular flexibility index (Phi) is 5.23. The first-order valence-corrected chi connectivity index (χ1v) is 7.27. The van der Waals surface area contributed by atoms with E-state index in [0.717, 1.165) is 5.56 Å². The number of benzene rings is 2. The van der Waals surface area contributed by atoms with Gasteiger partial charge in [-0.05, 0) is 37.6 Å². The van der Waals surface area contributed by atoms with E-state index in [1.807, 2.05) is 44.2 Å². The Morgan fingerprint density at radius 2 is 1.95 bits per heavy atom. The molecule has 2 aromatic rings. The van der Waals surface area contributed by atoms with Gasteiger partial charge in [0.1, 0.15) is 5.75 Å². The highest BCUT2D eigenvalue weighted by molar-refractivity contribution is 6.32. The zero-order chi connectivity index (χ0) is 15.2. The molecule has 0 bridgehead atoms. The maximum Gasteiger partial charge on any atom is 0.251 e. The van der Waals surface area contributed by atoms with Gasteiger partial charge in [0.15, 0.2) is 0 Å². The molecule has 0 aromatic heterocycles. The van der Waals surface area contributed by atoms with Gasteiger partial charge in [0.25, 0.3) is 5.91 Å². The fraction of sp³-hybridized carbons (Fsp3) is 0.235. The van der Waals surface area contributed by atoms with Crippen molar-refractivity contribution in [2.45, 2.75) is 19.9 Å². The van der Waals surface area contributed by atoms with E-state index in [1.165, 1.54) is 0 Å². The predicted octanol–water partition coefficient (Wildman–Crippen LogP) is 4.23. The molecule has 3 nitrogen and oxygen atoms in total. The van der Waals surface area contributed by atoms with E-state index >= 15 is 0 Å². The van der Waals surface area contributed by atoms with Crippen molar-refractivity contribution in [3.05, 3.63) is 64.7 Å². The van der Waals surface area contributed by atoms with Crippen LogP contribution in [0.15, 0.2) is 48.5 Å². The summed E-state index contributed by atoms with van der Waals surface area (Å²) in [6, 6.07) is 14.8. The molecule has 0 aliphatic heterocycles. The van der Waals surface area contributed by atoms with Gasteiger partial charge in [0, 0.05) is 5.56 Å². The topological polar surface area (TPSA) is 38.3 Å². The third kappa shape index (κ3) is 3.99. The number of carbonyl (C=O) groups is 1. The summed E-state index contributed by atoms with van der Waals surface area (Å²) in [5.41, 5.74) is 1.58. The van der Waals surface area contributed by atoms with Crippen LogP contribution < -0.4 is 10.1 Å². The first-order valence-electron chi connectivity index (χ1n) is 6.90. The summed E-state index contributed by atoms with van der Waals surface area (Å²) in [5, 5.41) is 3.39. The molecule has 0 heterocycles. The SMILES string of the molecule is CCOc1ccc(C(=O)N[C@@H](C)c2ccccc2)cc1Cl. The van der Waals surface area contributed by atoms with E-state index in [0.29, 0.717) is 22.9 Å². The maximum atomic E-state index is 12.2. The van der Waals surface area contributed by atoms with Crippen molar-refractivity contribution in [1.29, 1.82) is 0 Å². The molecule has 0 aliphatic carbocycles. The van der Waals surface area contributed by atoms with Crippen molar-refractivity contribution in [2.75, 3.05) is 6.61 Å². The standard InChI is InChI=1S/C17H18ClNO2/c1-3-21-16-10-9-14(11-15(16)18)17(20)19-12(2)13-7-5-4-6-8-13/h4-12H,3H2,1-2H3,(H,19,20)/t12-/m0/s1. The third-order valence-corrected chi connectivity index (χ3v) is 3.44. The zero-order valence-corrected chi connectivity index (χ0v) is 12.9. The second kappa shape index (κ2) is 7.14. The normalized spacial score (nSPS) is 11.8. The monoisotopic (exact) mass is 303 g/mol. The Hall–Kier alpha value is -2.00. The maximum absolute atomic E-state index is 12.2. The van der Waals surface area contributed by atoms with Crippen molar-refractivity contribution < 1.29 is 9.53 Å². The van der Waals surface area contributed by atoms with Crippen LogP contribution in [0.5, 0.6) is 5.75 Å². The quantitative estimate of drug-likeness (QED) is 0.897. The van der Waals surface area contributed by atoms with Crippen LogP contribution in [0.25, 0.3) is 0 Å². The van der Waals surface area contributed by atoms with Gasteiger partial charge in [0.2, 0.25) is 0 Å². The highest BCUT2D eigenvalue weighted by atomic mass is 35.5. The lowest BCUT2D eigenvalue weighted by Crippen LogP contribution is -2.26. The summed E-state index contributed by atoms with van der Waals surface area (Å²) >= 11 is 6.10. The molecular weight excluding hydrogens is 286 g/mol. The lowest BCUT2D eigenvalue weighted by molar-refractivity contribution is 0.0940. The summed E-state index contributed by atoms with van der Waals surface area (Å²) in [5.74, 6) is 0.433. The number of amides is 1. The van der Waals surface area contributed by atoms with Gasteiger partial charge >= 0.3 is 0 Å². The van der Waals surface area contributed by atoms with Gasteiger partial charge in [0.05, 0.1) is 17.7 Å². The highest BCUT2D eigenvalue weighted by Crippen LogP contribution is 2.25. The zero-order valence-electron chi connectivity index (χ0n) is 12.1. The van der Waals surface area contributed by atoms with Crippen LogP contribution in [0, 0.1) is 0 Å². The molecule has 1 atom stereocenters. The average Bonchev–Trinajstić information content (AvgIpc) is 2.50. The molecule has 0 saturated heterocycles. The van der Waals surface area contributed by atoms with E-state index in [9.17, 15) is 4.79 Å². The largest absolute Gasteiger partial charge is 0.492 e. The Bertz CT molecular complexity index is 613.